The minimum absolute atomic E-state index is 0.0941. The van der Waals surface area contributed by atoms with E-state index in [1.807, 2.05) is 13.0 Å². The van der Waals surface area contributed by atoms with Gasteiger partial charge in [0.2, 0.25) is 6.10 Å². The highest BCUT2D eigenvalue weighted by molar-refractivity contribution is 5.85. The molecule has 1 aliphatic heterocycles. The number of likely N-dealkylation sites (N-methyl/N-ethyl adjacent to an activating group) is 1. The van der Waals surface area contributed by atoms with Crippen LogP contribution in [0.2, 0.25) is 0 Å². The normalized spacial score (nSPS) is 14.7. The molecule has 3 rings (SSSR count). The maximum Gasteiger partial charge on any atom is 0.284 e. The van der Waals surface area contributed by atoms with Crippen molar-refractivity contribution in [2.75, 3.05) is 33.9 Å². The van der Waals surface area contributed by atoms with Crippen LogP contribution in [0.3, 0.4) is 0 Å². The summed E-state index contributed by atoms with van der Waals surface area (Å²) in [6.45, 7) is 2.28. The summed E-state index contributed by atoms with van der Waals surface area (Å²) in [4.78, 5) is 25.5. The van der Waals surface area contributed by atoms with Gasteiger partial charge in [-0.2, -0.15) is 5.10 Å². The molecule has 0 aromatic heterocycles. The molecule has 0 radical (unpaired) electrons. The van der Waals surface area contributed by atoms with Gasteiger partial charge in [0.25, 0.3) is 11.8 Å². The molecule has 1 heterocycles. The fourth-order valence-corrected chi connectivity index (χ4v) is 2.65. The van der Waals surface area contributed by atoms with Crippen LogP contribution < -0.4 is 24.4 Å². The van der Waals surface area contributed by atoms with Crippen LogP contribution in [0.5, 0.6) is 23.0 Å². The number of rotatable bonds is 8. The van der Waals surface area contributed by atoms with E-state index in [1.165, 1.54) is 11.1 Å². The number of amides is 2. The molecular formula is C22H25N3O6. The van der Waals surface area contributed by atoms with Gasteiger partial charge in [-0.25, -0.2) is 5.43 Å². The maximum absolute atomic E-state index is 12.3. The number of nitrogens with one attached hydrogen (secondary N) is 1. The van der Waals surface area contributed by atoms with Crippen LogP contribution in [0, 0.1) is 0 Å². The minimum atomic E-state index is -0.795. The molecule has 0 aliphatic carbocycles. The second-order valence-corrected chi connectivity index (χ2v) is 6.81. The molecule has 164 valence electrons. The van der Waals surface area contributed by atoms with Crippen LogP contribution >= 0.6 is 0 Å². The molecule has 1 aliphatic rings. The molecular weight excluding hydrogens is 402 g/mol. The van der Waals surface area contributed by atoms with Gasteiger partial charge in [-0.05, 0) is 42.8 Å². The van der Waals surface area contributed by atoms with E-state index in [-0.39, 0.29) is 19.1 Å². The van der Waals surface area contributed by atoms with Crippen molar-refractivity contribution in [3.63, 3.8) is 0 Å². The predicted octanol–water partition coefficient (Wildman–Crippen LogP) is 1.84. The molecule has 0 bridgehead atoms. The number of hydrogen-bond donors (Lipinski definition) is 1. The first-order chi connectivity index (χ1) is 15.0. The first-order valence-electron chi connectivity index (χ1n) is 9.79. The molecule has 0 spiro atoms. The molecule has 2 amide bonds. The van der Waals surface area contributed by atoms with E-state index in [0.29, 0.717) is 35.2 Å². The Morgan fingerprint density at radius 2 is 1.94 bits per heavy atom. The lowest BCUT2D eigenvalue weighted by molar-refractivity contribution is -0.131. The van der Waals surface area contributed by atoms with Crippen LogP contribution in [-0.2, 0) is 9.59 Å². The van der Waals surface area contributed by atoms with Crippen molar-refractivity contribution in [1.29, 1.82) is 0 Å². The van der Waals surface area contributed by atoms with E-state index < -0.39 is 12.0 Å². The minimum Gasteiger partial charge on any atom is -0.490 e. The molecule has 1 unspecified atom stereocenters. The molecule has 9 nitrogen and oxygen atoms in total. The topological polar surface area (TPSA) is 98.7 Å². The first-order valence-corrected chi connectivity index (χ1v) is 9.79. The van der Waals surface area contributed by atoms with Crippen molar-refractivity contribution >= 4 is 18.0 Å². The summed E-state index contributed by atoms with van der Waals surface area (Å²) < 4.78 is 22.3. The zero-order valence-corrected chi connectivity index (χ0v) is 17.7. The average Bonchev–Trinajstić information content (AvgIpc) is 2.78. The SMILES string of the molecule is CCOc1cc(/C=N/NC(=O)C2COc3ccccc3O2)ccc1OCC(=O)N(C)C. The lowest BCUT2D eigenvalue weighted by Crippen LogP contribution is -2.42. The monoisotopic (exact) mass is 427 g/mol. The molecule has 0 saturated carbocycles. The highest BCUT2D eigenvalue weighted by Gasteiger charge is 2.27. The summed E-state index contributed by atoms with van der Waals surface area (Å²) in [7, 11) is 3.32. The van der Waals surface area contributed by atoms with Gasteiger partial charge in [-0.3, -0.25) is 9.59 Å². The Balaban J connectivity index is 1.59. The number of carbonyl (C=O) groups is 2. The Morgan fingerprint density at radius 3 is 2.68 bits per heavy atom. The van der Waals surface area contributed by atoms with Crippen LogP contribution in [0.1, 0.15) is 12.5 Å². The Kier molecular flexibility index (Phi) is 7.31. The zero-order chi connectivity index (χ0) is 22.2. The van der Waals surface area contributed by atoms with Gasteiger partial charge < -0.3 is 23.8 Å². The van der Waals surface area contributed by atoms with E-state index in [2.05, 4.69) is 10.5 Å². The molecule has 1 N–H and O–H groups in total. The van der Waals surface area contributed by atoms with E-state index in [0.717, 1.165) is 0 Å². The van der Waals surface area contributed by atoms with Crippen LogP contribution in [0.25, 0.3) is 0 Å². The standard InChI is InChI=1S/C22H25N3O6/c1-4-28-19-11-15(9-10-17(19)30-14-21(26)25(2)3)12-23-24-22(27)20-13-29-16-7-5-6-8-18(16)31-20/h5-12,20H,4,13-14H2,1-3H3,(H,24,27)/b23-12+. The Morgan fingerprint density at radius 1 is 1.16 bits per heavy atom. The lowest BCUT2D eigenvalue weighted by Gasteiger charge is -2.24. The average molecular weight is 427 g/mol. The van der Waals surface area contributed by atoms with Gasteiger partial charge in [0.15, 0.2) is 29.6 Å². The largest absolute Gasteiger partial charge is 0.490 e. The summed E-state index contributed by atoms with van der Waals surface area (Å²) in [5.41, 5.74) is 3.14. The molecule has 31 heavy (non-hydrogen) atoms. The smallest absolute Gasteiger partial charge is 0.284 e. The van der Waals surface area contributed by atoms with Gasteiger partial charge in [0.05, 0.1) is 12.8 Å². The summed E-state index contributed by atoms with van der Waals surface area (Å²) in [5, 5.41) is 3.98. The van der Waals surface area contributed by atoms with Crippen molar-refractivity contribution in [3.8, 4) is 23.0 Å². The third-order valence-corrected chi connectivity index (χ3v) is 4.31. The number of fused-ring (bicyclic) bond motifs is 1. The molecule has 2 aromatic rings. The maximum atomic E-state index is 12.3. The quantitative estimate of drug-likeness (QED) is 0.510. The highest BCUT2D eigenvalue weighted by atomic mass is 16.6. The van der Waals surface area contributed by atoms with Crippen molar-refractivity contribution in [2.24, 2.45) is 5.10 Å². The first kappa shape index (κ1) is 21.9. The number of para-hydroxylation sites is 2. The van der Waals surface area contributed by atoms with Gasteiger partial charge in [-0.15, -0.1) is 0 Å². The number of carbonyl (C=O) groups excluding carboxylic acids is 2. The van der Waals surface area contributed by atoms with Crippen LogP contribution in [0.4, 0.5) is 0 Å². The third kappa shape index (κ3) is 5.88. The van der Waals surface area contributed by atoms with E-state index in [1.54, 1.807) is 50.5 Å². The van der Waals surface area contributed by atoms with E-state index in [9.17, 15) is 9.59 Å². The van der Waals surface area contributed by atoms with Crippen molar-refractivity contribution in [3.05, 3.63) is 48.0 Å². The van der Waals surface area contributed by atoms with Crippen molar-refractivity contribution in [2.45, 2.75) is 13.0 Å². The Hall–Kier alpha value is -3.75. The Labute approximate surface area is 180 Å². The summed E-state index contributed by atoms with van der Waals surface area (Å²) >= 11 is 0. The van der Waals surface area contributed by atoms with Gasteiger partial charge in [0.1, 0.15) is 6.61 Å². The van der Waals surface area contributed by atoms with Gasteiger partial charge in [0, 0.05) is 14.1 Å². The second-order valence-electron chi connectivity index (χ2n) is 6.81. The highest BCUT2D eigenvalue weighted by Crippen LogP contribution is 2.31. The molecule has 1 atom stereocenters. The second kappa shape index (κ2) is 10.3. The number of hydrazone groups is 1. The van der Waals surface area contributed by atoms with Crippen LogP contribution in [-0.4, -0.2) is 62.9 Å². The molecule has 9 heteroatoms. The summed E-state index contributed by atoms with van der Waals surface area (Å²) in [5.74, 6) is 1.47. The Bertz CT molecular complexity index is 960. The van der Waals surface area contributed by atoms with Crippen molar-refractivity contribution in [1.82, 2.24) is 10.3 Å². The number of nitrogens with zero attached hydrogens (tertiary/aromatic N) is 2. The third-order valence-electron chi connectivity index (χ3n) is 4.31. The fraction of sp³-hybridized carbons (Fsp3) is 0.318. The number of ether oxygens (including phenoxy) is 4. The predicted molar refractivity (Wildman–Crippen MR) is 114 cm³/mol. The van der Waals surface area contributed by atoms with Gasteiger partial charge >= 0.3 is 0 Å². The number of hydrogen-bond acceptors (Lipinski definition) is 7. The fourth-order valence-electron chi connectivity index (χ4n) is 2.65. The molecule has 2 aromatic carbocycles. The van der Waals surface area contributed by atoms with Crippen molar-refractivity contribution < 1.29 is 28.5 Å². The summed E-state index contributed by atoms with van der Waals surface area (Å²) in [6, 6.07) is 12.3. The van der Waals surface area contributed by atoms with E-state index in [4.69, 9.17) is 18.9 Å². The zero-order valence-electron chi connectivity index (χ0n) is 17.7. The summed E-state index contributed by atoms with van der Waals surface area (Å²) in [6.07, 6.45) is 0.684. The van der Waals surface area contributed by atoms with E-state index >= 15 is 0 Å². The van der Waals surface area contributed by atoms with Gasteiger partial charge in [-0.1, -0.05) is 12.1 Å². The lowest BCUT2D eigenvalue weighted by atomic mass is 10.2. The van der Waals surface area contributed by atoms with Crippen LogP contribution in [0.15, 0.2) is 47.6 Å². The number of benzene rings is 2. The molecule has 0 fully saturated rings. The molecule has 0 saturated heterocycles.